The van der Waals surface area contributed by atoms with Crippen molar-refractivity contribution in [2.75, 3.05) is 7.05 Å². The number of rotatable bonds is 5. The highest BCUT2D eigenvalue weighted by molar-refractivity contribution is 7.16. The molecule has 30 heavy (non-hydrogen) atoms. The Hall–Kier alpha value is -2.96. The molecule has 0 saturated heterocycles. The van der Waals surface area contributed by atoms with Crippen molar-refractivity contribution in [1.82, 2.24) is 4.90 Å². The number of aromatic nitrogens is 1. The Morgan fingerprint density at radius 3 is 2.00 bits per heavy atom. The molecule has 13 heteroatoms. The van der Waals surface area contributed by atoms with E-state index in [0.29, 0.717) is 21.6 Å². The summed E-state index contributed by atoms with van der Waals surface area (Å²) >= 11 is 0.400. The van der Waals surface area contributed by atoms with E-state index in [2.05, 4.69) is 4.84 Å². The molecule has 0 radical (unpaired) electrons. The number of carbonyl (C=O) groups is 3. The van der Waals surface area contributed by atoms with Gasteiger partial charge in [0.1, 0.15) is 0 Å². The van der Waals surface area contributed by atoms with E-state index >= 15 is 0 Å². The van der Waals surface area contributed by atoms with Gasteiger partial charge in [0.2, 0.25) is 12.4 Å². The standard InChI is InChI=1S/C17H13F6N2O4S/c1-9(10-5-7-25(8-6-10)29-15(28)17(21,22)23)24(2)14(27)12-4-3-11(30-12)13(26)16(18,19)20/h3-9H,1-2H3/q+1. The quantitative estimate of drug-likeness (QED) is 0.395. The molecule has 162 valence electrons. The summed E-state index contributed by atoms with van der Waals surface area (Å²) in [5, 5.41) is 0. The Balaban J connectivity index is 2.11. The molecule has 0 spiro atoms. The Labute approximate surface area is 169 Å². The number of hydrogen-bond donors (Lipinski definition) is 0. The number of Topliss-reactive ketones (excluding diaryl/α,β-unsaturated/α-hetero) is 1. The smallest absolute Gasteiger partial charge is 0.334 e. The van der Waals surface area contributed by atoms with Crippen molar-refractivity contribution >= 4 is 29.0 Å². The summed E-state index contributed by atoms with van der Waals surface area (Å²) in [5.74, 6) is -5.13. The van der Waals surface area contributed by atoms with Crippen molar-refractivity contribution in [2.24, 2.45) is 0 Å². The predicted octanol–water partition coefficient (Wildman–Crippen LogP) is 3.13. The molecule has 0 aliphatic carbocycles. The van der Waals surface area contributed by atoms with Crippen molar-refractivity contribution in [1.29, 1.82) is 0 Å². The second-order valence-electron chi connectivity index (χ2n) is 5.95. The van der Waals surface area contributed by atoms with Crippen LogP contribution < -0.4 is 9.57 Å². The van der Waals surface area contributed by atoms with Gasteiger partial charge in [0, 0.05) is 23.9 Å². The first-order valence-electron chi connectivity index (χ1n) is 8.01. The van der Waals surface area contributed by atoms with Crippen molar-refractivity contribution in [3.8, 4) is 0 Å². The molecular formula is C17H13F6N2O4S+. The summed E-state index contributed by atoms with van der Waals surface area (Å²) in [7, 11) is 1.36. The lowest BCUT2D eigenvalue weighted by atomic mass is 10.1. The van der Waals surface area contributed by atoms with Crippen LogP contribution in [0.3, 0.4) is 0 Å². The molecule has 2 rings (SSSR count). The molecule has 1 unspecified atom stereocenters. The van der Waals surface area contributed by atoms with E-state index in [1.54, 1.807) is 6.92 Å². The summed E-state index contributed by atoms with van der Waals surface area (Å²) in [6.45, 7) is 1.56. The van der Waals surface area contributed by atoms with Crippen molar-refractivity contribution in [3.63, 3.8) is 0 Å². The second-order valence-corrected chi connectivity index (χ2v) is 7.03. The van der Waals surface area contributed by atoms with E-state index in [1.807, 2.05) is 0 Å². The molecule has 2 heterocycles. The number of hydrogen-bond acceptors (Lipinski definition) is 5. The largest absolute Gasteiger partial charge is 0.498 e. The maximum atomic E-state index is 12.5. The molecule has 6 nitrogen and oxygen atoms in total. The molecule has 0 aliphatic rings. The van der Waals surface area contributed by atoms with Crippen LogP contribution in [0.5, 0.6) is 0 Å². The van der Waals surface area contributed by atoms with Crippen molar-refractivity contribution < 1.29 is 50.3 Å². The molecule has 0 saturated carbocycles. The van der Waals surface area contributed by atoms with Crippen molar-refractivity contribution in [3.05, 3.63) is 52.0 Å². The molecule has 0 N–H and O–H groups in total. The summed E-state index contributed by atoms with van der Waals surface area (Å²) in [5.41, 5.74) is 0.438. The molecule has 0 fully saturated rings. The zero-order valence-electron chi connectivity index (χ0n) is 15.2. The van der Waals surface area contributed by atoms with Crippen LogP contribution in [0.25, 0.3) is 0 Å². The first kappa shape index (κ1) is 23.3. The molecule has 0 aliphatic heterocycles. The zero-order valence-corrected chi connectivity index (χ0v) is 16.1. The van der Waals surface area contributed by atoms with Crippen LogP contribution in [0, 0.1) is 0 Å². The van der Waals surface area contributed by atoms with Gasteiger partial charge in [-0.05, 0) is 24.6 Å². The Morgan fingerprint density at radius 2 is 1.50 bits per heavy atom. The topological polar surface area (TPSA) is 67.6 Å². The highest BCUT2D eigenvalue weighted by Gasteiger charge is 2.44. The SMILES string of the molecule is CC(c1cc[n+](OC(=O)C(F)(F)F)cc1)N(C)C(=O)c1ccc(C(=O)C(F)(F)F)s1. The number of ketones is 1. The number of halogens is 6. The molecule has 1 atom stereocenters. The highest BCUT2D eigenvalue weighted by Crippen LogP contribution is 2.28. The third kappa shape index (κ3) is 5.34. The van der Waals surface area contributed by atoms with Crippen LogP contribution in [0.15, 0.2) is 36.7 Å². The van der Waals surface area contributed by atoms with Gasteiger partial charge >= 0.3 is 18.3 Å². The third-order valence-corrected chi connectivity index (χ3v) is 5.00. The molecule has 2 aromatic rings. The summed E-state index contributed by atoms with van der Waals surface area (Å²) in [6, 6.07) is 3.96. The summed E-state index contributed by atoms with van der Waals surface area (Å²) in [4.78, 5) is 39.1. The monoisotopic (exact) mass is 455 g/mol. The fraction of sp³-hybridized carbons (Fsp3) is 0.294. The van der Waals surface area contributed by atoms with Gasteiger partial charge in [-0.25, -0.2) is 4.79 Å². The van der Waals surface area contributed by atoms with Gasteiger partial charge in [0.05, 0.1) is 15.8 Å². The minimum Gasteiger partial charge on any atom is -0.334 e. The average Bonchev–Trinajstić information content (AvgIpc) is 3.14. The van der Waals surface area contributed by atoms with E-state index < -0.39 is 40.9 Å². The van der Waals surface area contributed by atoms with Crippen LogP contribution >= 0.6 is 11.3 Å². The lowest BCUT2D eigenvalue weighted by molar-refractivity contribution is -0.871. The first-order valence-corrected chi connectivity index (χ1v) is 8.82. The highest BCUT2D eigenvalue weighted by atomic mass is 32.1. The Morgan fingerprint density at radius 1 is 0.967 bits per heavy atom. The van der Waals surface area contributed by atoms with E-state index in [0.717, 1.165) is 24.5 Å². The van der Waals surface area contributed by atoms with Gasteiger partial charge in [0.15, 0.2) is 0 Å². The number of thiophene rings is 1. The van der Waals surface area contributed by atoms with Crippen molar-refractivity contribution in [2.45, 2.75) is 25.3 Å². The van der Waals surface area contributed by atoms with E-state index in [1.165, 1.54) is 24.1 Å². The lowest BCUT2D eigenvalue weighted by Crippen LogP contribution is -2.49. The minimum atomic E-state index is -5.17. The summed E-state index contributed by atoms with van der Waals surface area (Å²) in [6.07, 6.45) is -8.17. The molecule has 1 amide bonds. The number of alkyl halides is 6. The zero-order chi connectivity index (χ0) is 22.9. The molecule has 0 aromatic carbocycles. The maximum absolute atomic E-state index is 12.5. The predicted molar refractivity (Wildman–Crippen MR) is 89.5 cm³/mol. The number of nitrogens with zero attached hydrogens (tertiary/aromatic N) is 2. The second kappa shape index (κ2) is 8.42. The fourth-order valence-corrected chi connectivity index (χ4v) is 3.15. The van der Waals surface area contributed by atoms with E-state index in [-0.39, 0.29) is 4.88 Å². The van der Waals surface area contributed by atoms with Crippen LogP contribution in [-0.2, 0) is 4.79 Å². The lowest BCUT2D eigenvalue weighted by Gasteiger charge is -2.24. The Kier molecular flexibility index (Phi) is 6.54. The first-order chi connectivity index (χ1) is 13.7. The third-order valence-electron chi connectivity index (χ3n) is 3.93. The number of amides is 1. The van der Waals surface area contributed by atoms with Gasteiger partial charge in [0.25, 0.3) is 11.7 Å². The van der Waals surface area contributed by atoms with Crippen LogP contribution in [-0.4, -0.2) is 42.0 Å². The molecule has 2 aromatic heterocycles. The fourth-order valence-electron chi connectivity index (χ4n) is 2.20. The normalized spacial score (nSPS) is 12.9. The summed E-state index contributed by atoms with van der Waals surface area (Å²) < 4.78 is 74.6. The Bertz CT molecular complexity index is 952. The van der Waals surface area contributed by atoms with Gasteiger partial charge in [-0.2, -0.15) is 31.2 Å². The molecule has 0 bridgehead atoms. The van der Waals surface area contributed by atoms with Gasteiger partial charge in [-0.3, -0.25) is 9.59 Å². The van der Waals surface area contributed by atoms with E-state index in [4.69, 9.17) is 0 Å². The van der Waals surface area contributed by atoms with Gasteiger partial charge in [-0.1, -0.05) is 0 Å². The van der Waals surface area contributed by atoms with Gasteiger partial charge in [-0.15, -0.1) is 11.3 Å². The average molecular weight is 455 g/mol. The number of carbonyl (C=O) groups excluding carboxylic acids is 3. The van der Waals surface area contributed by atoms with Gasteiger partial charge < -0.3 is 4.90 Å². The van der Waals surface area contributed by atoms with Crippen LogP contribution in [0.4, 0.5) is 26.3 Å². The van der Waals surface area contributed by atoms with E-state index in [9.17, 15) is 40.7 Å². The van der Waals surface area contributed by atoms with Crippen LogP contribution in [0.1, 0.15) is 37.9 Å². The number of pyridine rings is 1. The minimum absolute atomic E-state index is 0.0953. The maximum Gasteiger partial charge on any atom is 0.498 e. The van der Waals surface area contributed by atoms with Crippen LogP contribution in [0.2, 0.25) is 0 Å². The molecular weight excluding hydrogens is 442 g/mol.